The number of rotatable bonds is 4. The molecule has 0 saturated heterocycles. The summed E-state index contributed by atoms with van der Waals surface area (Å²) >= 11 is 0. The largest absolute Gasteiger partial charge is 0.305 e. The van der Waals surface area contributed by atoms with Gasteiger partial charge in [0.15, 0.2) is 12.4 Å². The van der Waals surface area contributed by atoms with Gasteiger partial charge >= 0.3 is 0 Å². The van der Waals surface area contributed by atoms with Crippen LogP contribution in [0.3, 0.4) is 0 Å². The number of alkyl halides is 1. The van der Waals surface area contributed by atoms with Crippen molar-refractivity contribution in [2.75, 3.05) is 0 Å². The van der Waals surface area contributed by atoms with Crippen molar-refractivity contribution in [3.8, 4) is 11.3 Å². The van der Waals surface area contributed by atoms with Gasteiger partial charge in [0.2, 0.25) is 0 Å². The Labute approximate surface area is 137 Å². The molecule has 0 aliphatic heterocycles. The molecule has 0 aliphatic carbocycles. The number of hydrogen-bond acceptors (Lipinski definition) is 4. The molecule has 4 aromatic heterocycles. The molecule has 4 aromatic rings. The molecule has 0 fully saturated rings. The quantitative estimate of drug-likeness (QED) is 0.578. The van der Waals surface area contributed by atoms with E-state index in [1.54, 1.807) is 27.8 Å². The third kappa shape index (κ3) is 2.27. The third-order valence-corrected chi connectivity index (χ3v) is 4.15. The molecule has 0 N–H and O–H groups in total. The molecule has 0 spiro atoms. The molecule has 0 aliphatic rings. The lowest BCUT2D eigenvalue weighted by atomic mass is 10.1. The molecule has 1 atom stereocenters. The first kappa shape index (κ1) is 14.6. The maximum atomic E-state index is 13.1. The van der Waals surface area contributed by atoms with E-state index in [-0.39, 0.29) is 5.92 Å². The van der Waals surface area contributed by atoms with Crippen LogP contribution >= 0.6 is 0 Å². The van der Waals surface area contributed by atoms with Crippen molar-refractivity contribution in [1.82, 2.24) is 33.9 Å². The molecule has 0 aromatic carbocycles. The zero-order valence-electron chi connectivity index (χ0n) is 13.3. The Hall–Kier alpha value is -3.03. The van der Waals surface area contributed by atoms with E-state index in [9.17, 15) is 4.39 Å². The third-order valence-electron chi connectivity index (χ3n) is 4.15. The summed E-state index contributed by atoms with van der Waals surface area (Å²) < 4.78 is 18.1. The normalized spacial score (nSPS) is 12.8. The second kappa shape index (κ2) is 5.55. The van der Waals surface area contributed by atoms with Gasteiger partial charge in [-0.2, -0.15) is 10.2 Å². The summed E-state index contributed by atoms with van der Waals surface area (Å²) in [6.07, 6.45) is 8.62. The summed E-state index contributed by atoms with van der Waals surface area (Å²) in [6.45, 7) is 1.38. The highest BCUT2D eigenvalue weighted by Crippen LogP contribution is 2.25. The molecule has 8 heteroatoms. The van der Waals surface area contributed by atoms with Crippen LogP contribution in [0.2, 0.25) is 0 Å². The molecule has 0 amide bonds. The Balaban J connectivity index is 1.81. The van der Waals surface area contributed by atoms with E-state index in [0.29, 0.717) is 0 Å². The lowest BCUT2D eigenvalue weighted by Gasteiger charge is -2.12. The Bertz CT molecular complexity index is 997. The highest BCUT2D eigenvalue weighted by Gasteiger charge is 2.18. The molecule has 0 bridgehead atoms. The van der Waals surface area contributed by atoms with E-state index >= 15 is 0 Å². The summed E-state index contributed by atoms with van der Waals surface area (Å²) in [4.78, 5) is 8.44. The number of aryl methyl sites for hydroxylation is 1. The van der Waals surface area contributed by atoms with Crippen molar-refractivity contribution in [3.05, 3.63) is 54.6 Å². The van der Waals surface area contributed by atoms with Crippen molar-refractivity contribution >= 4 is 5.65 Å². The first-order valence-electron chi connectivity index (χ1n) is 7.57. The minimum atomic E-state index is -0.606. The van der Waals surface area contributed by atoms with Crippen LogP contribution in [0.1, 0.15) is 24.2 Å². The molecule has 7 nitrogen and oxygen atoms in total. The predicted octanol–water partition coefficient (Wildman–Crippen LogP) is 2.41. The summed E-state index contributed by atoms with van der Waals surface area (Å²) in [5, 5.41) is 8.86. The van der Waals surface area contributed by atoms with Gasteiger partial charge in [-0.15, -0.1) is 0 Å². The molecule has 4 rings (SSSR count). The fourth-order valence-corrected chi connectivity index (χ4v) is 2.84. The van der Waals surface area contributed by atoms with Gasteiger partial charge in [-0.3, -0.25) is 4.68 Å². The SMILES string of the molecule is C[C@@H](c1cncn1CF)c1cnc2ccc(-c3cnn(C)c3)nn12. The Morgan fingerprint density at radius 2 is 2.04 bits per heavy atom. The first-order valence-corrected chi connectivity index (χ1v) is 7.57. The Morgan fingerprint density at radius 3 is 2.79 bits per heavy atom. The number of halogens is 1. The molecule has 24 heavy (non-hydrogen) atoms. The summed E-state index contributed by atoms with van der Waals surface area (Å²) in [5.41, 5.74) is 4.15. The molecule has 4 heterocycles. The number of hydrogen-bond donors (Lipinski definition) is 0. The predicted molar refractivity (Wildman–Crippen MR) is 86.0 cm³/mol. The van der Waals surface area contributed by atoms with Gasteiger partial charge < -0.3 is 4.57 Å². The first-order chi connectivity index (χ1) is 11.7. The van der Waals surface area contributed by atoms with Gasteiger partial charge in [0.05, 0.1) is 30.1 Å². The summed E-state index contributed by atoms with van der Waals surface area (Å²) in [5.74, 6) is -0.0881. The molecular formula is C16H16FN7. The Kier molecular flexibility index (Phi) is 3.37. The van der Waals surface area contributed by atoms with Crippen LogP contribution in [0.5, 0.6) is 0 Å². The average Bonchev–Trinajstić information content (AvgIpc) is 3.32. The minimum absolute atomic E-state index is 0.0881. The van der Waals surface area contributed by atoms with Crippen LogP contribution in [0, 0.1) is 0 Å². The molecule has 0 radical (unpaired) electrons. The van der Waals surface area contributed by atoms with Crippen molar-refractivity contribution < 1.29 is 4.39 Å². The van der Waals surface area contributed by atoms with Crippen LogP contribution in [0.25, 0.3) is 16.9 Å². The highest BCUT2D eigenvalue weighted by atomic mass is 19.1. The van der Waals surface area contributed by atoms with Crippen molar-refractivity contribution in [2.45, 2.75) is 19.6 Å². The van der Waals surface area contributed by atoms with Gasteiger partial charge in [0.25, 0.3) is 0 Å². The molecule has 0 saturated carbocycles. The molecule has 122 valence electrons. The minimum Gasteiger partial charge on any atom is -0.305 e. The van der Waals surface area contributed by atoms with Gasteiger partial charge in [-0.05, 0) is 12.1 Å². The van der Waals surface area contributed by atoms with Crippen molar-refractivity contribution in [2.24, 2.45) is 7.05 Å². The van der Waals surface area contributed by atoms with Crippen LogP contribution in [0.4, 0.5) is 4.39 Å². The number of fused-ring (bicyclic) bond motifs is 1. The lowest BCUT2D eigenvalue weighted by molar-refractivity contribution is 0.366. The van der Waals surface area contributed by atoms with E-state index in [0.717, 1.165) is 28.3 Å². The maximum Gasteiger partial charge on any atom is 0.166 e. The van der Waals surface area contributed by atoms with Crippen LogP contribution in [-0.4, -0.2) is 33.9 Å². The van der Waals surface area contributed by atoms with Crippen molar-refractivity contribution in [3.63, 3.8) is 0 Å². The maximum absolute atomic E-state index is 13.1. The highest BCUT2D eigenvalue weighted by molar-refractivity contribution is 5.58. The van der Waals surface area contributed by atoms with Gasteiger partial charge in [0, 0.05) is 36.6 Å². The standard InChI is InChI=1S/C16H16FN7/c1-11(14-6-18-10-23(14)9-17)15-7-19-16-4-3-13(21-24(15)16)12-5-20-22(2)8-12/h3-8,10-11H,9H2,1-2H3/t11-/m0/s1. The van der Waals surface area contributed by atoms with Crippen LogP contribution < -0.4 is 0 Å². The zero-order chi connectivity index (χ0) is 16.7. The summed E-state index contributed by atoms with van der Waals surface area (Å²) in [6, 6.07) is 3.83. The van der Waals surface area contributed by atoms with E-state index in [2.05, 4.69) is 20.2 Å². The topological polar surface area (TPSA) is 65.8 Å². The van der Waals surface area contributed by atoms with Crippen LogP contribution in [-0.2, 0) is 13.8 Å². The fraction of sp³-hybridized carbons (Fsp3) is 0.250. The van der Waals surface area contributed by atoms with E-state index < -0.39 is 6.80 Å². The molecule has 0 unspecified atom stereocenters. The van der Waals surface area contributed by atoms with Gasteiger partial charge in [0.1, 0.15) is 0 Å². The van der Waals surface area contributed by atoms with Crippen LogP contribution in [0.15, 0.2) is 43.2 Å². The van der Waals surface area contributed by atoms with Gasteiger partial charge in [-0.1, -0.05) is 6.92 Å². The number of aromatic nitrogens is 7. The monoisotopic (exact) mass is 325 g/mol. The second-order valence-corrected chi connectivity index (χ2v) is 5.70. The van der Waals surface area contributed by atoms with E-state index in [4.69, 9.17) is 0 Å². The van der Waals surface area contributed by atoms with Gasteiger partial charge in [-0.25, -0.2) is 18.9 Å². The molecular weight excluding hydrogens is 309 g/mol. The van der Waals surface area contributed by atoms with Crippen molar-refractivity contribution in [1.29, 1.82) is 0 Å². The number of imidazole rings is 2. The smallest absolute Gasteiger partial charge is 0.166 e. The Morgan fingerprint density at radius 1 is 1.17 bits per heavy atom. The number of nitrogens with zero attached hydrogens (tertiary/aromatic N) is 7. The van der Waals surface area contributed by atoms with E-state index in [1.165, 1.54) is 10.9 Å². The fourth-order valence-electron chi connectivity index (χ4n) is 2.84. The second-order valence-electron chi connectivity index (χ2n) is 5.70. The summed E-state index contributed by atoms with van der Waals surface area (Å²) in [7, 11) is 1.87. The average molecular weight is 325 g/mol. The lowest BCUT2D eigenvalue weighted by Crippen LogP contribution is -2.08. The zero-order valence-corrected chi connectivity index (χ0v) is 13.3. The van der Waals surface area contributed by atoms with E-state index in [1.807, 2.05) is 32.3 Å².